The average Bonchev–Trinajstić information content (AvgIpc) is 2.65. The zero-order valence-corrected chi connectivity index (χ0v) is 15.8. The second kappa shape index (κ2) is 7.92. The number of aliphatic imine (C=N–C) groups is 2. The summed E-state index contributed by atoms with van der Waals surface area (Å²) in [5.41, 5.74) is 9.16. The van der Waals surface area contributed by atoms with Crippen LogP contribution in [0, 0.1) is 27.7 Å². The summed E-state index contributed by atoms with van der Waals surface area (Å²) in [4.78, 5) is 9.25. The van der Waals surface area contributed by atoms with Gasteiger partial charge >= 0.3 is 0 Å². The molecule has 0 heterocycles. The predicted octanol–water partition coefficient (Wildman–Crippen LogP) is 6.42. The van der Waals surface area contributed by atoms with Gasteiger partial charge in [-0.1, -0.05) is 48.5 Å². The Kier molecular flexibility index (Phi) is 5.43. The van der Waals surface area contributed by atoms with Crippen LogP contribution in [-0.4, -0.2) is 12.4 Å². The lowest BCUT2D eigenvalue weighted by Gasteiger charge is -2.03. The molecule has 0 unspecified atom stereocenters. The predicted molar refractivity (Wildman–Crippen MR) is 113 cm³/mol. The second-order valence-corrected chi connectivity index (χ2v) is 6.62. The van der Waals surface area contributed by atoms with E-state index < -0.39 is 0 Å². The Morgan fingerprint density at radius 2 is 0.923 bits per heavy atom. The molecule has 3 rings (SSSR count). The van der Waals surface area contributed by atoms with Crippen LogP contribution in [0.4, 0.5) is 11.4 Å². The zero-order valence-electron chi connectivity index (χ0n) is 15.8. The summed E-state index contributed by atoms with van der Waals surface area (Å²) in [6.07, 6.45) is 3.82. The molecule has 130 valence electrons. The van der Waals surface area contributed by atoms with Gasteiger partial charge in [0, 0.05) is 12.4 Å². The number of aryl methyl sites for hydroxylation is 2. The van der Waals surface area contributed by atoms with Gasteiger partial charge in [0.15, 0.2) is 0 Å². The Labute approximate surface area is 156 Å². The van der Waals surface area contributed by atoms with Gasteiger partial charge in [-0.05, 0) is 73.2 Å². The van der Waals surface area contributed by atoms with E-state index in [9.17, 15) is 0 Å². The highest BCUT2D eigenvalue weighted by atomic mass is 14.7. The largest absolute Gasteiger partial charge is 0.256 e. The van der Waals surface area contributed by atoms with Crippen LogP contribution in [-0.2, 0) is 0 Å². The number of rotatable bonds is 4. The van der Waals surface area contributed by atoms with Gasteiger partial charge in [0.2, 0.25) is 0 Å². The third-order valence-electron chi connectivity index (χ3n) is 4.79. The molecule has 0 aliphatic heterocycles. The van der Waals surface area contributed by atoms with E-state index in [1.54, 1.807) is 0 Å². The molecule has 0 fully saturated rings. The van der Waals surface area contributed by atoms with Crippen molar-refractivity contribution in [2.24, 2.45) is 9.98 Å². The number of hydrogen-bond donors (Lipinski definition) is 0. The van der Waals surface area contributed by atoms with Crippen molar-refractivity contribution >= 4 is 23.8 Å². The molecule has 3 aromatic carbocycles. The summed E-state index contributed by atoms with van der Waals surface area (Å²) in [6, 6.07) is 20.7. The Morgan fingerprint density at radius 1 is 0.538 bits per heavy atom. The topological polar surface area (TPSA) is 24.7 Å². The molecule has 0 amide bonds. The molecule has 0 aromatic heterocycles. The van der Waals surface area contributed by atoms with E-state index >= 15 is 0 Å². The lowest BCUT2D eigenvalue weighted by atomic mass is 10.1. The molecule has 0 spiro atoms. The third-order valence-corrected chi connectivity index (χ3v) is 4.79. The van der Waals surface area contributed by atoms with Crippen LogP contribution in [0.25, 0.3) is 0 Å². The fourth-order valence-electron chi connectivity index (χ4n) is 2.71. The third kappa shape index (κ3) is 4.15. The second-order valence-electron chi connectivity index (χ2n) is 6.62. The fraction of sp³-hybridized carbons (Fsp3) is 0.167. The molecule has 2 nitrogen and oxygen atoms in total. The first-order valence-electron chi connectivity index (χ1n) is 8.85. The van der Waals surface area contributed by atoms with Crippen LogP contribution < -0.4 is 0 Å². The molecule has 0 bridgehead atoms. The van der Waals surface area contributed by atoms with Crippen molar-refractivity contribution in [2.75, 3.05) is 0 Å². The summed E-state index contributed by atoms with van der Waals surface area (Å²) in [7, 11) is 0. The van der Waals surface area contributed by atoms with Gasteiger partial charge in [0.1, 0.15) is 0 Å². The van der Waals surface area contributed by atoms with Gasteiger partial charge < -0.3 is 0 Å². The quantitative estimate of drug-likeness (QED) is 0.489. The Balaban J connectivity index is 1.74. The molecule has 2 heteroatoms. The Hall–Kier alpha value is -3.00. The maximum atomic E-state index is 4.62. The molecular weight excluding hydrogens is 316 g/mol. The first kappa shape index (κ1) is 17.8. The number of benzene rings is 3. The van der Waals surface area contributed by atoms with E-state index in [1.165, 1.54) is 22.3 Å². The smallest absolute Gasteiger partial charge is 0.0661 e. The Bertz CT molecular complexity index is 884. The first-order valence-corrected chi connectivity index (χ1v) is 8.85. The van der Waals surface area contributed by atoms with Gasteiger partial charge in [-0.15, -0.1) is 0 Å². The van der Waals surface area contributed by atoms with Crippen LogP contribution in [0.3, 0.4) is 0 Å². The van der Waals surface area contributed by atoms with Crippen LogP contribution in [0.2, 0.25) is 0 Å². The lowest BCUT2D eigenvalue weighted by molar-refractivity contribution is 1.31. The molecule has 0 saturated heterocycles. The van der Waals surface area contributed by atoms with Crippen molar-refractivity contribution in [3.63, 3.8) is 0 Å². The minimum atomic E-state index is 1.02. The van der Waals surface area contributed by atoms with Gasteiger partial charge in [0.25, 0.3) is 0 Å². The van der Waals surface area contributed by atoms with Gasteiger partial charge in [0.05, 0.1) is 11.4 Å². The first-order chi connectivity index (χ1) is 12.5. The molecule has 26 heavy (non-hydrogen) atoms. The summed E-state index contributed by atoms with van der Waals surface area (Å²) in [6.45, 7) is 8.43. The summed E-state index contributed by atoms with van der Waals surface area (Å²) in [5.74, 6) is 0. The molecular formula is C24H24N2. The SMILES string of the molecule is Cc1cccc(N=Cc2ccc(C=Nc3cccc(C)c3C)cc2)c1C. The molecule has 0 N–H and O–H groups in total. The Morgan fingerprint density at radius 3 is 1.31 bits per heavy atom. The monoisotopic (exact) mass is 340 g/mol. The molecule has 0 aliphatic rings. The van der Waals surface area contributed by atoms with Crippen LogP contribution in [0.1, 0.15) is 33.4 Å². The normalized spacial score (nSPS) is 11.5. The number of hydrogen-bond acceptors (Lipinski definition) is 2. The molecule has 3 aromatic rings. The van der Waals surface area contributed by atoms with E-state index in [0.717, 1.165) is 22.5 Å². The maximum Gasteiger partial charge on any atom is 0.0661 e. The average molecular weight is 340 g/mol. The summed E-state index contributed by atoms with van der Waals surface area (Å²) in [5, 5.41) is 0. The maximum absolute atomic E-state index is 4.62. The van der Waals surface area contributed by atoms with Crippen molar-refractivity contribution in [1.29, 1.82) is 0 Å². The fourth-order valence-corrected chi connectivity index (χ4v) is 2.71. The van der Waals surface area contributed by atoms with Crippen LogP contribution in [0.15, 0.2) is 70.6 Å². The highest BCUT2D eigenvalue weighted by Gasteiger charge is 1.99. The summed E-state index contributed by atoms with van der Waals surface area (Å²) >= 11 is 0. The highest BCUT2D eigenvalue weighted by molar-refractivity contribution is 5.86. The van der Waals surface area contributed by atoms with Crippen LogP contribution >= 0.6 is 0 Å². The molecule has 0 saturated carbocycles. The minimum Gasteiger partial charge on any atom is -0.256 e. The van der Waals surface area contributed by atoms with Gasteiger partial charge in [-0.3, -0.25) is 9.98 Å². The lowest BCUT2D eigenvalue weighted by Crippen LogP contribution is -1.86. The van der Waals surface area contributed by atoms with Gasteiger partial charge in [-0.2, -0.15) is 0 Å². The van der Waals surface area contributed by atoms with Crippen molar-refractivity contribution in [3.8, 4) is 0 Å². The standard InChI is InChI=1S/C24H24N2/c1-17-7-5-9-23(19(17)3)25-15-21-11-13-22(14-12-21)16-26-24-10-6-8-18(2)20(24)4/h5-16H,1-4H3. The molecule has 0 aliphatic carbocycles. The molecule has 0 radical (unpaired) electrons. The van der Waals surface area contributed by atoms with E-state index in [0.29, 0.717) is 0 Å². The van der Waals surface area contributed by atoms with Crippen LogP contribution in [0.5, 0.6) is 0 Å². The van der Waals surface area contributed by atoms with Crippen molar-refractivity contribution in [1.82, 2.24) is 0 Å². The van der Waals surface area contributed by atoms with Crippen molar-refractivity contribution in [2.45, 2.75) is 27.7 Å². The zero-order chi connectivity index (χ0) is 18.5. The van der Waals surface area contributed by atoms with Crippen molar-refractivity contribution in [3.05, 3.63) is 94.0 Å². The van der Waals surface area contributed by atoms with Crippen molar-refractivity contribution < 1.29 is 0 Å². The van der Waals surface area contributed by atoms with E-state index in [4.69, 9.17) is 0 Å². The number of nitrogens with zero attached hydrogens (tertiary/aromatic N) is 2. The summed E-state index contributed by atoms with van der Waals surface area (Å²) < 4.78 is 0. The van der Waals surface area contributed by atoms with E-state index in [2.05, 4.69) is 74.1 Å². The highest BCUT2D eigenvalue weighted by Crippen LogP contribution is 2.22. The minimum absolute atomic E-state index is 1.02. The van der Waals surface area contributed by atoms with E-state index in [1.807, 2.05) is 36.7 Å². The van der Waals surface area contributed by atoms with Gasteiger partial charge in [-0.25, -0.2) is 0 Å². The van der Waals surface area contributed by atoms with E-state index in [-0.39, 0.29) is 0 Å². The molecule has 0 atom stereocenters.